The molecule has 0 fully saturated rings. The smallest absolute Gasteiger partial charge is 0.463 e. The molecule has 0 rings (SSSR count). The van der Waals surface area contributed by atoms with Gasteiger partial charge in [0, 0.05) is 18.6 Å². The fourth-order valence-electron chi connectivity index (χ4n) is 1.92. The molecule has 0 saturated carbocycles. The molecule has 0 atom stereocenters. The van der Waals surface area contributed by atoms with Crippen LogP contribution in [0.1, 0.15) is 12.8 Å². The molecular formula is C20H25F6NO11. The van der Waals surface area contributed by atoms with Gasteiger partial charge in [-0.3, -0.25) is 4.79 Å². The Morgan fingerprint density at radius 2 is 1.26 bits per heavy atom. The normalized spacial score (nSPS) is 11.7. The second-order valence-corrected chi connectivity index (χ2v) is 6.56. The number of alkyl halides is 6. The van der Waals surface area contributed by atoms with Crippen molar-refractivity contribution in [2.24, 2.45) is 0 Å². The quantitative estimate of drug-likeness (QED) is 0.0576. The Morgan fingerprint density at radius 1 is 0.711 bits per heavy atom. The third-order valence-corrected chi connectivity index (χ3v) is 3.39. The Morgan fingerprint density at radius 3 is 1.84 bits per heavy atom. The number of hydrogen-bond donors (Lipinski definition) is 1. The highest BCUT2D eigenvalue weighted by Gasteiger charge is 2.52. The number of hydrogen-bond acceptors (Lipinski definition) is 11. The first kappa shape index (κ1) is 34.6. The average molecular weight is 569 g/mol. The molecule has 0 spiro atoms. The molecular weight excluding hydrogens is 544 g/mol. The summed E-state index contributed by atoms with van der Waals surface area (Å²) < 4.78 is 109. The van der Waals surface area contributed by atoms with E-state index in [1.807, 2.05) is 5.32 Å². The molecule has 38 heavy (non-hydrogen) atoms. The summed E-state index contributed by atoms with van der Waals surface area (Å²) >= 11 is 0. The van der Waals surface area contributed by atoms with E-state index in [1.165, 1.54) is 0 Å². The number of carbonyl (C=O) groups excluding carboxylic acids is 4. The lowest BCUT2D eigenvalue weighted by Gasteiger charge is -2.26. The third kappa shape index (κ3) is 18.8. The maximum atomic E-state index is 13.5. The fraction of sp³-hybridized carbons (Fsp3) is 0.600. The predicted octanol–water partition coefficient (Wildman–Crippen LogP) is 2.28. The van der Waals surface area contributed by atoms with Crippen LogP contribution >= 0.6 is 0 Å². The van der Waals surface area contributed by atoms with E-state index in [1.54, 1.807) is 0 Å². The summed E-state index contributed by atoms with van der Waals surface area (Å²) in [6.07, 6.45) is -15.3. The molecule has 0 saturated heterocycles. The number of esters is 3. The topological polar surface area (TPSA) is 145 Å². The number of nitrogens with one attached hydrogen (secondary N) is 1. The molecule has 0 aliphatic rings. The molecule has 218 valence electrons. The minimum atomic E-state index is -5.56. The zero-order valence-corrected chi connectivity index (χ0v) is 19.7. The Bertz CT molecular complexity index is 810. The fourth-order valence-corrected chi connectivity index (χ4v) is 1.92. The molecule has 0 aliphatic carbocycles. The van der Waals surface area contributed by atoms with Crippen LogP contribution in [0, 0.1) is 0 Å². The number of alkyl carbamates (subject to hydrolysis) is 1. The number of carbonyl (C=O) groups is 4. The molecule has 0 aromatic carbocycles. The van der Waals surface area contributed by atoms with E-state index in [-0.39, 0.29) is 19.4 Å². The minimum absolute atomic E-state index is 0.0911. The van der Waals surface area contributed by atoms with Gasteiger partial charge < -0.3 is 29.0 Å². The van der Waals surface area contributed by atoms with E-state index in [0.29, 0.717) is 0 Å². The van der Waals surface area contributed by atoms with Crippen LogP contribution in [-0.4, -0.2) is 88.7 Å². The van der Waals surface area contributed by atoms with Gasteiger partial charge in [0.1, 0.15) is 19.8 Å². The van der Waals surface area contributed by atoms with Crippen LogP contribution in [0.4, 0.5) is 31.1 Å². The maximum Gasteiger partial charge on any atom is 0.495 e. The summed E-state index contributed by atoms with van der Waals surface area (Å²) in [7, 11) is 0. The first-order valence-electron chi connectivity index (χ1n) is 10.4. The second-order valence-electron chi connectivity index (χ2n) is 6.56. The van der Waals surface area contributed by atoms with E-state index in [4.69, 9.17) is 0 Å². The zero-order chi connectivity index (χ0) is 29.2. The Kier molecular flexibility index (Phi) is 15.7. The van der Waals surface area contributed by atoms with Crippen molar-refractivity contribution in [2.75, 3.05) is 46.2 Å². The lowest BCUT2D eigenvalue weighted by molar-refractivity contribution is -0.517. The monoisotopic (exact) mass is 569 g/mol. The number of ether oxygens (including phenoxy) is 7. The van der Waals surface area contributed by atoms with Crippen LogP contribution in [0.25, 0.3) is 0 Å². The van der Waals surface area contributed by atoms with E-state index in [9.17, 15) is 45.5 Å². The van der Waals surface area contributed by atoms with Gasteiger partial charge in [0.05, 0.1) is 19.8 Å². The zero-order valence-electron chi connectivity index (χ0n) is 19.7. The van der Waals surface area contributed by atoms with Crippen molar-refractivity contribution in [3.05, 3.63) is 25.3 Å². The Labute approximate surface area is 211 Å². The molecule has 0 aromatic rings. The summed E-state index contributed by atoms with van der Waals surface area (Å²) in [5.74, 6) is -2.35. The standard InChI is InChI=1S/C20H25F6NO11/c1-3-14(28)33-8-5-6-16(30)35-11-10-32-12-18(21,22)37-20(25,26)38-19(23,24)13-36-17(31)27-7-9-34-15(29)4-2/h3-4H,1-2,5-13H2,(H,27,31). The van der Waals surface area contributed by atoms with E-state index < -0.39 is 82.1 Å². The van der Waals surface area contributed by atoms with Crippen molar-refractivity contribution >= 4 is 24.0 Å². The minimum Gasteiger partial charge on any atom is -0.463 e. The summed E-state index contributed by atoms with van der Waals surface area (Å²) in [6, 6.07) is 0. The molecule has 0 unspecified atom stereocenters. The Balaban J connectivity index is 4.26. The lowest BCUT2D eigenvalue weighted by Crippen LogP contribution is -2.44. The van der Waals surface area contributed by atoms with Crippen molar-refractivity contribution in [3.8, 4) is 0 Å². The van der Waals surface area contributed by atoms with Crippen LogP contribution in [0.2, 0.25) is 0 Å². The van der Waals surface area contributed by atoms with E-state index in [2.05, 4.69) is 46.3 Å². The number of amides is 1. The molecule has 0 aliphatic heterocycles. The first-order chi connectivity index (χ1) is 17.6. The van der Waals surface area contributed by atoms with Crippen LogP contribution in [0.3, 0.4) is 0 Å². The highest BCUT2D eigenvalue weighted by atomic mass is 19.3. The number of rotatable bonds is 20. The van der Waals surface area contributed by atoms with Gasteiger partial charge in [-0.1, -0.05) is 13.2 Å². The van der Waals surface area contributed by atoms with Gasteiger partial charge in [0.2, 0.25) is 0 Å². The highest BCUT2D eigenvalue weighted by molar-refractivity contribution is 5.81. The molecule has 0 aromatic heterocycles. The third-order valence-electron chi connectivity index (χ3n) is 3.39. The molecule has 12 nitrogen and oxygen atoms in total. The summed E-state index contributed by atoms with van der Waals surface area (Å²) in [5, 5.41) is 1.83. The molecule has 18 heteroatoms. The molecule has 0 bridgehead atoms. The SMILES string of the molecule is C=CC(=O)OCCCC(=O)OCCOCC(F)(F)OC(F)(F)OC(F)(F)COC(=O)NCCOC(=O)C=C. The van der Waals surface area contributed by atoms with Gasteiger partial charge in [-0.2, -0.15) is 17.6 Å². The Hall–Kier alpha value is -3.38. The largest absolute Gasteiger partial charge is 0.495 e. The van der Waals surface area contributed by atoms with Crippen molar-refractivity contribution in [1.82, 2.24) is 5.32 Å². The molecule has 1 amide bonds. The van der Waals surface area contributed by atoms with Gasteiger partial charge in [-0.05, 0) is 6.42 Å². The molecule has 0 radical (unpaired) electrons. The van der Waals surface area contributed by atoms with E-state index >= 15 is 0 Å². The summed E-state index contributed by atoms with van der Waals surface area (Å²) in [6.45, 7) is 0.101. The number of halogens is 6. The van der Waals surface area contributed by atoms with Crippen LogP contribution in [0.15, 0.2) is 25.3 Å². The molecule has 1 N–H and O–H groups in total. The first-order valence-corrected chi connectivity index (χ1v) is 10.4. The van der Waals surface area contributed by atoms with Crippen LogP contribution in [0.5, 0.6) is 0 Å². The van der Waals surface area contributed by atoms with Gasteiger partial charge in [0.15, 0.2) is 6.61 Å². The van der Waals surface area contributed by atoms with E-state index in [0.717, 1.165) is 12.2 Å². The van der Waals surface area contributed by atoms with Gasteiger partial charge in [0.25, 0.3) is 0 Å². The molecule has 0 heterocycles. The summed E-state index contributed by atoms with van der Waals surface area (Å²) in [4.78, 5) is 44.1. The van der Waals surface area contributed by atoms with Crippen LogP contribution < -0.4 is 5.32 Å². The van der Waals surface area contributed by atoms with Gasteiger partial charge in [-0.25, -0.2) is 23.9 Å². The van der Waals surface area contributed by atoms with Gasteiger partial charge >= 0.3 is 42.5 Å². The van der Waals surface area contributed by atoms with Crippen molar-refractivity contribution < 1.29 is 78.7 Å². The predicted molar refractivity (Wildman–Crippen MR) is 110 cm³/mol. The van der Waals surface area contributed by atoms with Crippen molar-refractivity contribution in [3.63, 3.8) is 0 Å². The van der Waals surface area contributed by atoms with Gasteiger partial charge in [-0.15, -0.1) is 8.78 Å². The second kappa shape index (κ2) is 17.2. The summed E-state index contributed by atoms with van der Waals surface area (Å²) in [5.41, 5.74) is 0. The van der Waals surface area contributed by atoms with Crippen LogP contribution in [-0.2, 0) is 47.5 Å². The maximum absolute atomic E-state index is 13.5. The average Bonchev–Trinajstić information content (AvgIpc) is 2.81. The lowest BCUT2D eigenvalue weighted by atomic mass is 10.3. The van der Waals surface area contributed by atoms with Crippen molar-refractivity contribution in [1.29, 1.82) is 0 Å². The van der Waals surface area contributed by atoms with Crippen molar-refractivity contribution in [2.45, 2.75) is 31.4 Å². The highest BCUT2D eigenvalue weighted by Crippen LogP contribution is 2.33.